The number of carbonyl (C=O) groups excluding carboxylic acids is 1. The third kappa shape index (κ3) is 3.94. The number of anilines is 1. The average Bonchev–Trinajstić information content (AvgIpc) is 2.48. The van der Waals surface area contributed by atoms with E-state index in [1.165, 1.54) is 19.3 Å². The Morgan fingerprint density at radius 1 is 1.32 bits per heavy atom. The fourth-order valence-corrected chi connectivity index (χ4v) is 2.36. The first-order chi connectivity index (χ1) is 9.31. The Morgan fingerprint density at radius 3 is 2.84 bits per heavy atom. The minimum absolute atomic E-state index is 0.0141. The van der Waals surface area contributed by atoms with Gasteiger partial charge in [0.15, 0.2) is 0 Å². The molecular weight excluding hydrogens is 238 g/mol. The maximum Gasteiger partial charge on any atom is 0.252 e. The molecule has 0 atom stereocenters. The minimum atomic E-state index is -0.0141. The molecule has 2 heterocycles. The first kappa shape index (κ1) is 13.8. The van der Waals surface area contributed by atoms with Gasteiger partial charge in [0, 0.05) is 25.8 Å². The smallest absolute Gasteiger partial charge is 0.252 e. The van der Waals surface area contributed by atoms with Gasteiger partial charge in [-0.15, -0.1) is 0 Å². The molecule has 19 heavy (non-hydrogen) atoms. The summed E-state index contributed by atoms with van der Waals surface area (Å²) >= 11 is 0. The second-order valence-electron chi connectivity index (χ2n) is 5.09. The molecule has 0 aromatic carbocycles. The van der Waals surface area contributed by atoms with Crippen molar-refractivity contribution in [2.24, 2.45) is 0 Å². The van der Waals surface area contributed by atoms with E-state index in [1.807, 2.05) is 12.3 Å². The summed E-state index contributed by atoms with van der Waals surface area (Å²) in [4.78, 5) is 18.5. The Hall–Kier alpha value is -1.58. The standard InChI is InChI=1S/C15H23N3O/c1-2-3-7-17-15(19)13-10-14(12-16-11-13)18-8-5-4-6-9-18/h10-12H,2-9H2,1H3,(H,17,19). The number of hydrogen-bond donors (Lipinski definition) is 1. The van der Waals surface area contributed by atoms with Gasteiger partial charge in [-0.2, -0.15) is 0 Å². The van der Waals surface area contributed by atoms with Gasteiger partial charge in [-0.1, -0.05) is 13.3 Å². The zero-order valence-corrected chi connectivity index (χ0v) is 11.7. The van der Waals surface area contributed by atoms with Gasteiger partial charge in [-0.3, -0.25) is 9.78 Å². The highest BCUT2D eigenvalue weighted by Crippen LogP contribution is 2.19. The van der Waals surface area contributed by atoms with Crippen LogP contribution in [0.25, 0.3) is 0 Å². The van der Waals surface area contributed by atoms with Crippen molar-refractivity contribution in [2.75, 3.05) is 24.5 Å². The van der Waals surface area contributed by atoms with Crippen molar-refractivity contribution < 1.29 is 4.79 Å². The lowest BCUT2D eigenvalue weighted by molar-refractivity contribution is 0.0953. The van der Waals surface area contributed by atoms with Crippen molar-refractivity contribution in [1.29, 1.82) is 0 Å². The fourth-order valence-electron chi connectivity index (χ4n) is 2.36. The molecular formula is C15H23N3O. The molecule has 1 aromatic heterocycles. The van der Waals surface area contributed by atoms with Gasteiger partial charge in [0.05, 0.1) is 17.4 Å². The van der Waals surface area contributed by atoms with Crippen molar-refractivity contribution in [3.8, 4) is 0 Å². The average molecular weight is 261 g/mol. The first-order valence-corrected chi connectivity index (χ1v) is 7.29. The molecule has 0 aliphatic carbocycles. The molecule has 1 aliphatic rings. The summed E-state index contributed by atoms with van der Waals surface area (Å²) in [5.74, 6) is -0.0141. The van der Waals surface area contributed by atoms with Gasteiger partial charge in [-0.05, 0) is 31.7 Å². The van der Waals surface area contributed by atoms with Crippen LogP contribution < -0.4 is 10.2 Å². The number of nitrogens with zero attached hydrogens (tertiary/aromatic N) is 2. The molecule has 0 saturated carbocycles. The lowest BCUT2D eigenvalue weighted by Crippen LogP contribution is -2.30. The summed E-state index contributed by atoms with van der Waals surface area (Å²) < 4.78 is 0. The lowest BCUT2D eigenvalue weighted by Gasteiger charge is -2.28. The van der Waals surface area contributed by atoms with E-state index in [4.69, 9.17) is 0 Å². The van der Waals surface area contributed by atoms with Crippen LogP contribution in [0.1, 0.15) is 49.4 Å². The molecule has 0 radical (unpaired) electrons. The van der Waals surface area contributed by atoms with Crippen LogP contribution in [0.2, 0.25) is 0 Å². The Balaban J connectivity index is 1.99. The second-order valence-corrected chi connectivity index (χ2v) is 5.09. The van der Waals surface area contributed by atoms with Crippen LogP contribution in [0, 0.1) is 0 Å². The number of unbranched alkanes of at least 4 members (excludes halogenated alkanes) is 1. The molecule has 2 rings (SSSR count). The number of nitrogens with one attached hydrogen (secondary N) is 1. The quantitative estimate of drug-likeness (QED) is 0.829. The summed E-state index contributed by atoms with van der Waals surface area (Å²) in [6.45, 7) is 5.00. The Morgan fingerprint density at radius 2 is 2.11 bits per heavy atom. The van der Waals surface area contributed by atoms with Crippen LogP contribution >= 0.6 is 0 Å². The monoisotopic (exact) mass is 261 g/mol. The van der Waals surface area contributed by atoms with Gasteiger partial charge in [-0.25, -0.2) is 0 Å². The molecule has 4 nitrogen and oxygen atoms in total. The van der Waals surface area contributed by atoms with Crippen LogP contribution in [0.3, 0.4) is 0 Å². The summed E-state index contributed by atoms with van der Waals surface area (Å²) in [5, 5.41) is 2.93. The van der Waals surface area contributed by atoms with Crippen LogP contribution in [-0.4, -0.2) is 30.5 Å². The van der Waals surface area contributed by atoms with Crippen molar-refractivity contribution in [1.82, 2.24) is 10.3 Å². The zero-order valence-electron chi connectivity index (χ0n) is 11.7. The number of hydrogen-bond acceptors (Lipinski definition) is 3. The summed E-state index contributed by atoms with van der Waals surface area (Å²) in [6, 6.07) is 1.96. The molecule has 104 valence electrons. The molecule has 1 amide bonds. The lowest BCUT2D eigenvalue weighted by atomic mass is 10.1. The molecule has 1 aromatic rings. The van der Waals surface area contributed by atoms with E-state index in [1.54, 1.807) is 6.20 Å². The number of piperidine rings is 1. The number of aromatic nitrogens is 1. The van der Waals surface area contributed by atoms with Gasteiger partial charge in [0.2, 0.25) is 0 Å². The van der Waals surface area contributed by atoms with Crippen LogP contribution in [0.15, 0.2) is 18.5 Å². The predicted molar refractivity (Wildman–Crippen MR) is 77.5 cm³/mol. The molecule has 0 spiro atoms. The zero-order chi connectivity index (χ0) is 13.5. The molecule has 0 unspecified atom stereocenters. The Labute approximate surface area is 115 Å². The highest BCUT2D eigenvalue weighted by atomic mass is 16.1. The third-order valence-corrected chi connectivity index (χ3v) is 3.52. The topological polar surface area (TPSA) is 45.2 Å². The van der Waals surface area contributed by atoms with E-state index in [2.05, 4.69) is 22.1 Å². The summed E-state index contributed by atoms with van der Waals surface area (Å²) in [5.41, 5.74) is 1.74. The van der Waals surface area contributed by atoms with Gasteiger partial charge in [0.1, 0.15) is 0 Å². The summed E-state index contributed by atoms with van der Waals surface area (Å²) in [6.07, 6.45) is 9.38. The SMILES string of the molecule is CCCCNC(=O)c1cncc(N2CCCCC2)c1. The second kappa shape index (κ2) is 7.12. The van der Waals surface area contributed by atoms with E-state index in [0.717, 1.165) is 38.2 Å². The number of amides is 1. The van der Waals surface area contributed by atoms with E-state index in [-0.39, 0.29) is 5.91 Å². The fraction of sp³-hybridized carbons (Fsp3) is 0.600. The Kier molecular flexibility index (Phi) is 5.19. The van der Waals surface area contributed by atoms with Crippen LogP contribution in [0.5, 0.6) is 0 Å². The highest BCUT2D eigenvalue weighted by molar-refractivity contribution is 5.94. The molecule has 4 heteroatoms. The van der Waals surface area contributed by atoms with Gasteiger partial charge >= 0.3 is 0 Å². The Bertz CT molecular complexity index is 414. The summed E-state index contributed by atoms with van der Waals surface area (Å²) in [7, 11) is 0. The van der Waals surface area contributed by atoms with Crippen molar-refractivity contribution in [2.45, 2.75) is 39.0 Å². The largest absolute Gasteiger partial charge is 0.370 e. The molecule has 0 bridgehead atoms. The number of rotatable bonds is 5. The van der Waals surface area contributed by atoms with Crippen LogP contribution in [0.4, 0.5) is 5.69 Å². The maximum absolute atomic E-state index is 12.0. The molecule has 1 saturated heterocycles. The van der Waals surface area contributed by atoms with E-state index < -0.39 is 0 Å². The van der Waals surface area contributed by atoms with Crippen LogP contribution in [-0.2, 0) is 0 Å². The predicted octanol–water partition coefficient (Wildman–Crippen LogP) is 2.60. The normalized spacial score (nSPS) is 15.3. The first-order valence-electron chi connectivity index (χ1n) is 7.29. The molecule has 1 N–H and O–H groups in total. The van der Waals surface area contributed by atoms with Crippen molar-refractivity contribution in [3.63, 3.8) is 0 Å². The maximum atomic E-state index is 12.0. The van der Waals surface area contributed by atoms with E-state index in [0.29, 0.717) is 5.56 Å². The van der Waals surface area contributed by atoms with E-state index >= 15 is 0 Å². The molecule has 1 fully saturated rings. The van der Waals surface area contributed by atoms with Gasteiger partial charge < -0.3 is 10.2 Å². The number of carbonyl (C=O) groups is 1. The van der Waals surface area contributed by atoms with E-state index in [9.17, 15) is 4.79 Å². The minimum Gasteiger partial charge on any atom is -0.370 e. The third-order valence-electron chi connectivity index (χ3n) is 3.52. The van der Waals surface area contributed by atoms with Crippen molar-refractivity contribution >= 4 is 11.6 Å². The molecule has 1 aliphatic heterocycles. The van der Waals surface area contributed by atoms with Gasteiger partial charge in [0.25, 0.3) is 5.91 Å². The number of pyridine rings is 1. The highest BCUT2D eigenvalue weighted by Gasteiger charge is 2.13. The van der Waals surface area contributed by atoms with Crippen molar-refractivity contribution in [3.05, 3.63) is 24.0 Å².